The van der Waals surface area contributed by atoms with Crippen LogP contribution >= 0.6 is 0 Å². The van der Waals surface area contributed by atoms with Crippen LogP contribution in [0.5, 0.6) is 0 Å². The molecule has 2 atom stereocenters. The van der Waals surface area contributed by atoms with E-state index in [9.17, 15) is 0 Å². The molecule has 0 amide bonds. The van der Waals surface area contributed by atoms with Gasteiger partial charge in [0.25, 0.3) is 0 Å². The predicted molar refractivity (Wildman–Crippen MR) is 77.1 cm³/mol. The quantitative estimate of drug-likeness (QED) is 0.883. The van der Waals surface area contributed by atoms with Crippen molar-refractivity contribution in [3.63, 3.8) is 0 Å². The highest BCUT2D eigenvalue weighted by atomic mass is 16.3. The van der Waals surface area contributed by atoms with Gasteiger partial charge in [0.2, 0.25) is 0 Å². The van der Waals surface area contributed by atoms with Crippen LogP contribution in [0.2, 0.25) is 0 Å². The molecule has 0 saturated heterocycles. The Balaban J connectivity index is 1.77. The number of furan rings is 1. The Morgan fingerprint density at radius 3 is 2.84 bits per heavy atom. The summed E-state index contributed by atoms with van der Waals surface area (Å²) in [5.41, 5.74) is 2.96. The third kappa shape index (κ3) is 2.59. The maximum atomic E-state index is 5.71. The average molecular weight is 255 g/mol. The minimum absolute atomic E-state index is 0.254. The van der Waals surface area contributed by atoms with Gasteiger partial charge in [-0.1, -0.05) is 24.3 Å². The van der Waals surface area contributed by atoms with Gasteiger partial charge in [-0.15, -0.1) is 0 Å². The Morgan fingerprint density at radius 1 is 1.21 bits per heavy atom. The van der Waals surface area contributed by atoms with Gasteiger partial charge < -0.3 is 9.73 Å². The first-order chi connectivity index (χ1) is 9.24. The molecular weight excluding hydrogens is 234 g/mol. The van der Waals surface area contributed by atoms with Crippen LogP contribution in [-0.2, 0) is 6.42 Å². The van der Waals surface area contributed by atoms with Gasteiger partial charge in [0.1, 0.15) is 11.5 Å². The van der Waals surface area contributed by atoms with E-state index in [4.69, 9.17) is 4.42 Å². The van der Waals surface area contributed by atoms with E-state index in [1.54, 1.807) is 0 Å². The summed E-state index contributed by atoms with van der Waals surface area (Å²) >= 11 is 0. The van der Waals surface area contributed by atoms with Crippen LogP contribution in [0.15, 0.2) is 40.8 Å². The van der Waals surface area contributed by atoms with Crippen molar-refractivity contribution < 1.29 is 4.42 Å². The molecule has 2 aromatic rings. The lowest BCUT2D eigenvalue weighted by Crippen LogP contribution is -2.27. The molecule has 1 aliphatic carbocycles. The smallest absolute Gasteiger partial charge is 0.120 e. The Hall–Kier alpha value is -1.54. The summed E-state index contributed by atoms with van der Waals surface area (Å²) in [6, 6.07) is 13.6. The van der Waals surface area contributed by atoms with Crippen molar-refractivity contribution in [2.45, 2.75) is 45.2 Å². The molecule has 0 aliphatic heterocycles. The molecule has 0 saturated carbocycles. The van der Waals surface area contributed by atoms with Crippen molar-refractivity contribution in [3.8, 4) is 0 Å². The van der Waals surface area contributed by atoms with Crippen LogP contribution in [-0.4, -0.2) is 0 Å². The van der Waals surface area contributed by atoms with E-state index in [1.165, 1.54) is 30.4 Å². The monoisotopic (exact) mass is 255 g/mol. The van der Waals surface area contributed by atoms with E-state index in [-0.39, 0.29) is 6.04 Å². The number of benzene rings is 1. The number of rotatable bonds is 3. The number of aryl methyl sites for hydroxylation is 2. The molecule has 0 radical (unpaired) electrons. The summed E-state index contributed by atoms with van der Waals surface area (Å²) in [7, 11) is 0. The molecule has 19 heavy (non-hydrogen) atoms. The summed E-state index contributed by atoms with van der Waals surface area (Å²) in [4.78, 5) is 0. The second-order valence-electron chi connectivity index (χ2n) is 5.48. The van der Waals surface area contributed by atoms with E-state index >= 15 is 0 Å². The lowest BCUT2D eigenvalue weighted by molar-refractivity contribution is 0.361. The Morgan fingerprint density at radius 2 is 2.05 bits per heavy atom. The highest BCUT2D eigenvalue weighted by Crippen LogP contribution is 2.31. The minimum atomic E-state index is 0.254. The van der Waals surface area contributed by atoms with Crippen molar-refractivity contribution >= 4 is 0 Å². The van der Waals surface area contributed by atoms with Gasteiger partial charge in [0, 0.05) is 6.04 Å². The number of hydrogen-bond acceptors (Lipinski definition) is 2. The van der Waals surface area contributed by atoms with Gasteiger partial charge in [-0.25, -0.2) is 0 Å². The van der Waals surface area contributed by atoms with Crippen molar-refractivity contribution in [1.82, 2.24) is 5.32 Å². The van der Waals surface area contributed by atoms with Gasteiger partial charge in [-0.3, -0.25) is 0 Å². The fourth-order valence-electron chi connectivity index (χ4n) is 3.00. The summed E-state index contributed by atoms with van der Waals surface area (Å²) in [5.74, 6) is 2.01. The van der Waals surface area contributed by atoms with E-state index < -0.39 is 0 Å². The highest BCUT2D eigenvalue weighted by Gasteiger charge is 2.22. The molecule has 0 bridgehead atoms. The molecule has 2 nitrogen and oxygen atoms in total. The summed E-state index contributed by atoms with van der Waals surface area (Å²) < 4.78 is 5.71. The van der Waals surface area contributed by atoms with Gasteiger partial charge in [0.05, 0.1) is 6.04 Å². The molecule has 1 aromatic heterocycles. The standard InChI is InChI=1S/C17H21NO/c1-12-10-11-17(19-12)13(2)18-16-9-5-7-14-6-3-4-8-15(14)16/h3-4,6,8,10-11,13,16,18H,5,7,9H2,1-2H3. The lowest BCUT2D eigenvalue weighted by Gasteiger charge is -2.28. The average Bonchev–Trinajstić information content (AvgIpc) is 2.86. The minimum Gasteiger partial charge on any atom is -0.465 e. The van der Waals surface area contributed by atoms with Crippen LogP contribution in [0.3, 0.4) is 0 Å². The Kier molecular flexibility index (Phi) is 3.43. The molecule has 100 valence electrons. The fraction of sp³-hybridized carbons (Fsp3) is 0.412. The first-order valence-corrected chi connectivity index (χ1v) is 7.14. The van der Waals surface area contributed by atoms with Gasteiger partial charge >= 0.3 is 0 Å². The summed E-state index contributed by atoms with van der Waals surface area (Å²) in [5, 5.41) is 3.71. The topological polar surface area (TPSA) is 25.2 Å². The number of nitrogens with one attached hydrogen (secondary N) is 1. The lowest BCUT2D eigenvalue weighted by atomic mass is 9.87. The molecule has 2 heteroatoms. The van der Waals surface area contributed by atoms with Crippen LogP contribution < -0.4 is 5.32 Å². The zero-order chi connectivity index (χ0) is 13.2. The first-order valence-electron chi connectivity index (χ1n) is 7.14. The number of hydrogen-bond donors (Lipinski definition) is 1. The maximum absolute atomic E-state index is 5.71. The van der Waals surface area contributed by atoms with E-state index in [2.05, 4.69) is 42.6 Å². The van der Waals surface area contributed by atoms with Crippen molar-refractivity contribution in [2.24, 2.45) is 0 Å². The molecule has 1 aromatic carbocycles. The van der Waals surface area contributed by atoms with Crippen molar-refractivity contribution in [2.75, 3.05) is 0 Å². The Labute approximate surface area is 114 Å². The highest BCUT2D eigenvalue weighted by molar-refractivity contribution is 5.32. The van der Waals surface area contributed by atoms with Gasteiger partial charge in [-0.05, 0) is 56.4 Å². The van der Waals surface area contributed by atoms with Crippen LogP contribution in [0, 0.1) is 6.92 Å². The molecule has 0 spiro atoms. The van der Waals surface area contributed by atoms with Gasteiger partial charge in [0.15, 0.2) is 0 Å². The zero-order valence-electron chi connectivity index (χ0n) is 11.6. The Bertz CT molecular complexity index is 558. The first kappa shape index (κ1) is 12.5. The van der Waals surface area contributed by atoms with Crippen LogP contribution in [0.1, 0.15) is 54.5 Å². The van der Waals surface area contributed by atoms with Crippen molar-refractivity contribution in [1.29, 1.82) is 0 Å². The third-order valence-electron chi connectivity index (χ3n) is 4.01. The van der Waals surface area contributed by atoms with Gasteiger partial charge in [-0.2, -0.15) is 0 Å². The maximum Gasteiger partial charge on any atom is 0.120 e. The van der Waals surface area contributed by atoms with Crippen LogP contribution in [0.4, 0.5) is 0 Å². The second kappa shape index (κ2) is 5.22. The molecule has 3 rings (SSSR count). The fourth-order valence-corrected chi connectivity index (χ4v) is 3.00. The second-order valence-corrected chi connectivity index (χ2v) is 5.48. The van der Waals surface area contributed by atoms with Crippen molar-refractivity contribution in [3.05, 3.63) is 59.0 Å². The van der Waals surface area contributed by atoms with E-state index in [1.807, 2.05) is 13.0 Å². The molecule has 2 unspecified atom stereocenters. The summed E-state index contributed by atoms with van der Waals surface area (Å²) in [6.45, 7) is 4.17. The van der Waals surface area contributed by atoms with E-state index in [0.717, 1.165) is 11.5 Å². The third-order valence-corrected chi connectivity index (χ3v) is 4.01. The zero-order valence-corrected chi connectivity index (χ0v) is 11.6. The summed E-state index contributed by atoms with van der Waals surface area (Å²) in [6.07, 6.45) is 3.68. The number of fused-ring (bicyclic) bond motifs is 1. The largest absolute Gasteiger partial charge is 0.465 e. The predicted octanol–water partition coefficient (Wildman–Crippen LogP) is 4.32. The molecule has 1 aliphatic rings. The van der Waals surface area contributed by atoms with Crippen LogP contribution in [0.25, 0.3) is 0 Å². The van der Waals surface area contributed by atoms with E-state index in [0.29, 0.717) is 6.04 Å². The molecule has 0 fully saturated rings. The molecule has 1 heterocycles. The molecular formula is C17H21NO. The normalized spacial score (nSPS) is 20.0. The SMILES string of the molecule is Cc1ccc(C(C)NC2CCCc3ccccc32)o1. The molecule has 1 N–H and O–H groups in total.